The first-order chi connectivity index (χ1) is 7.81. The van der Waals surface area contributed by atoms with E-state index in [1.807, 2.05) is 30.2 Å². The zero-order chi connectivity index (χ0) is 11.1. The Morgan fingerprint density at radius 1 is 1.00 bits per heavy atom. The van der Waals surface area contributed by atoms with Gasteiger partial charge in [-0.1, -0.05) is 30.3 Å². The topological polar surface area (TPSA) is 17.1 Å². The highest BCUT2D eigenvalue weighted by molar-refractivity contribution is 14.1. The molecule has 1 aliphatic carbocycles. The maximum absolute atomic E-state index is 10.8. The first-order valence-electron chi connectivity index (χ1n) is 4.96. The molecule has 3 rings (SSSR count). The summed E-state index contributed by atoms with van der Waals surface area (Å²) in [6, 6.07) is 12.1. The van der Waals surface area contributed by atoms with Crippen LogP contribution in [0.5, 0.6) is 0 Å². The van der Waals surface area contributed by atoms with Crippen molar-refractivity contribution in [2.45, 2.75) is 0 Å². The molecule has 0 bridgehead atoms. The molecule has 16 heavy (non-hydrogen) atoms. The van der Waals surface area contributed by atoms with Crippen molar-refractivity contribution >= 4 is 34.6 Å². The lowest BCUT2D eigenvalue weighted by molar-refractivity contribution is 0.567. The van der Waals surface area contributed by atoms with Crippen LogP contribution in [0.3, 0.4) is 0 Å². The summed E-state index contributed by atoms with van der Waals surface area (Å²) in [6.45, 7) is 0. The molecule has 1 nitrogen and oxygen atoms in total. The summed E-state index contributed by atoms with van der Waals surface area (Å²) >= 11 is 2.21. The Labute approximate surface area is 106 Å². The van der Waals surface area contributed by atoms with E-state index >= 15 is 0 Å². The zero-order valence-electron chi connectivity index (χ0n) is 8.33. The molecule has 0 aromatic heterocycles. The zero-order valence-corrected chi connectivity index (χ0v) is 10.5. The third kappa shape index (κ3) is 1.27. The van der Waals surface area contributed by atoms with Gasteiger partial charge in [0.25, 0.3) is 0 Å². The molecule has 0 N–H and O–H groups in total. The van der Waals surface area contributed by atoms with Crippen LogP contribution in [0.4, 0.5) is 0 Å². The molecule has 0 unspecified atom stereocenters. The van der Waals surface area contributed by atoms with Crippen LogP contribution < -0.4 is 10.4 Å². The normalized spacial score (nSPS) is 11.3. The fourth-order valence-corrected chi connectivity index (χ4v) is 2.81. The van der Waals surface area contributed by atoms with E-state index in [1.165, 1.54) is 15.7 Å². The van der Waals surface area contributed by atoms with E-state index in [1.54, 1.807) is 0 Å². The van der Waals surface area contributed by atoms with Crippen LogP contribution in [-0.2, 0) is 4.79 Å². The summed E-state index contributed by atoms with van der Waals surface area (Å²) < 4.78 is 0.987. The van der Waals surface area contributed by atoms with Crippen LogP contribution >= 0.6 is 22.6 Å². The van der Waals surface area contributed by atoms with Crippen molar-refractivity contribution in [2.75, 3.05) is 0 Å². The monoisotopic (exact) mass is 318 g/mol. The van der Waals surface area contributed by atoms with Crippen molar-refractivity contribution in [3.63, 3.8) is 0 Å². The van der Waals surface area contributed by atoms with Gasteiger partial charge < -0.3 is 0 Å². The highest BCUT2D eigenvalue weighted by atomic mass is 127. The van der Waals surface area contributed by atoms with Crippen molar-refractivity contribution < 1.29 is 4.79 Å². The maximum atomic E-state index is 10.8. The van der Waals surface area contributed by atoms with Crippen molar-refractivity contribution in [2.24, 2.45) is 0 Å². The molecule has 1 aliphatic rings. The summed E-state index contributed by atoms with van der Waals surface area (Å²) in [5.74, 6) is 1.97. The van der Waals surface area contributed by atoms with E-state index in [-0.39, 0.29) is 0 Å². The van der Waals surface area contributed by atoms with Gasteiger partial charge in [0.1, 0.15) is 5.94 Å². The number of halogens is 1. The fourth-order valence-electron chi connectivity index (χ4n) is 2.07. The quantitative estimate of drug-likeness (QED) is 0.570. The van der Waals surface area contributed by atoms with Crippen molar-refractivity contribution in [1.29, 1.82) is 0 Å². The largest absolute Gasteiger partial charge is 0.233 e. The van der Waals surface area contributed by atoms with Crippen molar-refractivity contribution in [3.8, 4) is 0 Å². The van der Waals surface area contributed by atoms with E-state index in [2.05, 4.69) is 40.8 Å². The molecule has 0 atom stereocenters. The molecule has 0 aliphatic heterocycles. The van der Waals surface area contributed by atoms with Crippen LogP contribution in [-0.4, -0.2) is 5.94 Å². The standard InChI is InChI=1S/C14H7IO/c15-14-10(8-16)5-6-12-11-4-2-1-3-9(11)7-13(12)14/h1-7H. The first kappa shape index (κ1) is 9.82. The van der Waals surface area contributed by atoms with Crippen LogP contribution in [0.2, 0.25) is 0 Å². The average molecular weight is 318 g/mol. The molecule has 0 saturated heterocycles. The third-order valence-corrected chi connectivity index (χ3v) is 4.00. The number of hydrogen-bond donors (Lipinski definition) is 0. The second-order valence-electron chi connectivity index (χ2n) is 3.72. The van der Waals surface area contributed by atoms with Gasteiger partial charge in [-0.2, -0.15) is 0 Å². The van der Waals surface area contributed by atoms with Crippen LogP contribution in [0.1, 0.15) is 5.56 Å². The first-order valence-corrected chi connectivity index (χ1v) is 6.04. The number of fused-ring (bicyclic) bond motifs is 2. The molecular formula is C14H7IO. The highest BCUT2D eigenvalue weighted by Crippen LogP contribution is 2.13. The maximum Gasteiger partial charge on any atom is 0.133 e. The predicted molar refractivity (Wildman–Crippen MR) is 70.9 cm³/mol. The third-order valence-electron chi connectivity index (χ3n) is 2.84. The fraction of sp³-hybridized carbons (Fsp3) is 0. The molecule has 0 saturated carbocycles. The van der Waals surface area contributed by atoms with Gasteiger partial charge in [-0.05, 0) is 56.0 Å². The lowest BCUT2D eigenvalue weighted by atomic mass is 10.1. The smallest absolute Gasteiger partial charge is 0.133 e. The molecule has 76 valence electrons. The van der Waals surface area contributed by atoms with Crippen molar-refractivity contribution in [1.82, 2.24) is 0 Å². The molecule has 2 heteroatoms. The Bertz CT molecular complexity index is 815. The Hall–Kier alpha value is -1.38. The van der Waals surface area contributed by atoms with E-state index in [4.69, 9.17) is 0 Å². The van der Waals surface area contributed by atoms with Gasteiger partial charge in [0.15, 0.2) is 0 Å². The van der Waals surface area contributed by atoms with Gasteiger partial charge in [-0.3, -0.25) is 0 Å². The van der Waals surface area contributed by atoms with Crippen LogP contribution in [0.25, 0.3) is 6.08 Å². The van der Waals surface area contributed by atoms with E-state index in [9.17, 15) is 4.79 Å². The molecule has 0 spiro atoms. The van der Waals surface area contributed by atoms with Crippen molar-refractivity contribution in [3.05, 3.63) is 66.4 Å². The Morgan fingerprint density at radius 3 is 2.62 bits per heavy atom. The minimum Gasteiger partial charge on any atom is -0.233 e. The molecule has 2 aromatic carbocycles. The summed E-state index contributed by atoms with van der Waals surface area (Å²) in [4.78, 5) is 10.8. The van der Waals surface area contributed by atoms with Crippen LogP contribution in [0, 0.1) is 14.0 Å². The SMILES string of the molecule is O=C=c1ccc2c(c1I)C=c1ccccc1=2. The van der Waals surface area contributed by atoms with E-state index in [0.29, 0.717) is 5.22 Å². The lowest BCUT2D eigenvalue weighted by Crippen LogP contribution is -2.08. The van der Waals surface area contributed by atoms with Crippen LogP contribution in [0.15, 0.2) is 36.4 Å². The van der Waals surface area contributed by atoms with Gasteiger partial charge >= 0.3 is 0 Å². The second kappa shape index (κ2) is 3.58. The van der Waals surface area contributed by atoms with E-state index in [0.717, 1.165) is 9.13 Å². The van der Waals surface area contributed by atoms with E-state index < -0.39 is 0 Å². The number of rotatable bonds is 0. The summed E-state index contributed by atoms with van der Waals surface area (Å²) in [5.41, 5.74) is 1.14. The Balaban J connectivity index is 2.66. The number of carbonyl (C=O) groups excluding carboxylic acids is 1. The second-order valence-corrected chi connectivity index (χ2v) is 4.80. The summed E-state index contributed by atoms with van der Waals surface area (Å²) in [5, 5.41) is 4.31. The molecule has 0 radical (unpaired) electrons. The minimum absolute atomic E-state index is 0.642. The number of hydrogen-bond acceptors (Lipinski definition) is 1. The van der Waals surface area contributed by atoms with Gasteiger partial charge in [0, 0.05) is 3.57 Å². The predicted octanol–water partition coefficient (Wildman–Crippen LogP) is 1.22. The lowest BCUT2D eigenvalue weighted by Gasteiger charge is -1.95. The Kier molecular flexibility index (Phi) is 2.20. The van der Waals surface area contributed by atoms with Gasteiger partial charge in [0.05, 0.1) is 5.22 Å². The average Bonchev–Trinajstić information content (AvgIpc) is 2.69. The van der Waals surface area contributed by atoms with Gasteiger partial charge in [-0.15, -0.1) is 0 Å². The van der Waals surface area contributed by atoms with Gasteiger partial charge in [-0.25, -0.2) is 4.79 Å². The summed E-state index contributed by atoms with van der Waals surface area (Å²) in [6.07, 6.45) is 2.13. The number of benzene rings is 2. The Morgan fingerprint density at radius 2 is 1.81 bits per heavy atom. The summed E-state index contributed by atoms with van der Waals surface area (Å²) in [7, 11) is 0. The molecule has 2 aromatic rings. The molecular weight excluding hydrogens is 311 g/mol. The molecule has 0 heterocycles. The molecule has 0 fully saturated rings. The highest BCUT2D eigenvalue weighted by Gasteiger charge is 2.06. The molecule has 0 amide bonds. The minimum atomic E-state index is 0.642. The van der Waals surface area contributed by atoms with Gasteiger partial charge in [0.2, 0.25) is 0 Å².